The number of carbonyl (C=O) groups excluding carboxylic acids is 1. The molecule has 0 aliphatic rings. The lowest BCUT2D eigenvalue weighted by atomic mass is 10.1. The molecule has 0 saturated carbocycles. The van der Waals surface area contributed by atoms with Crippen LogP contribution in [-0.4, -0.2) is 24.1 Å². The quantitative estimate of drug-likeness (QED) is 0.757. The lowest BCUT2D eigenvalue weighted by molar-refractivity contribution is -0.119. The van der Waals surface area contributed by atoms with E-state index in [1.807, 2.05) is 30.3 Å². The summed E-state index contributed by atoms with van der Waals surface area (Å²) in [6.07, 6.45) is -0.884. The van der Waals surface area contributed by atoms with Crippen LogP contribution < -0.4 is 10.6 Å². The molecule has 1 amide bonds. The number of para-hydroxylation sites is 1. The van der Waals surface area contributed by atoms with Crippen LogP contribution >= 0.6 is 23.2 Å². The van der Waals surface area contributed by atoms with Crippen molar-refractivity contribution in [2.24, 2.45) is 0 Å². The number of carbonyl (C=O) groups is 1. The second-order valence-corrected chi connectivity index (χ2v) is 5.55. The highest BCUT2D eigenvalue weighted by atomic mass is 35.5. The Hall–Kier alpha value is -1.75. The first-order valence-electron chi connectivity index (χ1n) is 6.75. The van der Waals surface area contributed by atoms with Gasteiger partial charge in [0.1, 0.15) is 0 Å². The summed E-state index contributed by atoms with van der Waals surface area (Å²) >= 11 is 11.8. The lowest BCUT2D eigenvalue weighted by Gasteiger charge is -2.14. The summed E-state index contributed by atoms with van der Waals surface area (Å²) < 4.78 is 0. The van der Waals surface area contributed by atoms with Crippen LogP contribution in [0.15, 0.2) is 48.5 Å². The van der Waals surface area contributed by atoms with Gasteiger partial charge in [0.05, 0.1) is 12.6 Å². The summed E-state index contributed by atoms with van der Waals surface area (Å²) in [5.41, 5.74) is 1.39. The van der Waals surface area contributed by atoms with Gasteiger partial charge in [0.2, 0.25) is 5.91 Å². The van der Waals surface area contributed by atoms with Crippen molar-refractivity contribution in [1.29, 1.82) is 0 Å². The monoisotopic (exact) mass is 338 g/mol. The summed E-state index contributed by atoms with van der Waals surface area (Å²) in [6, 6.07) is 14.2. The highest BCUT2D eigenvalue weighted by Crippen LogP contribution is 2.25. The minimum absolute atomic E-state index is 0.0800. The molecule has 2 aromatic rings. The molecule has 2 rings (SSSR count). The van der Waals surface area contributed by atoms with Crippen molar-refractivity contribution in [2.75, 3.05) is 18.4 Å². The SMILES string of the molecule is O=C(CNc1ccccc1)NCC(O)c1ccc(Cl)cc1Cl. The number of amides is 1. The molecule has 0 aromatic heterocycles. The molecule has 0 heterocycles. The van der Waals surface area contributed by atoms with E-state index in [0.29, 0.717) is 15.6 Å². The van der Waals surface area contributed by atoms with Crippen molar-refractivity contribution < 1.29 is 9.90 Å². The van der Waals surface area contributed by atoms with Crippen molar-refractivity contribution in [2.45, 2.75) is 6.10 Å². The molecule has 2 aromatic carbocycles. The van der Waals surface area contributed by atoms with E-state index in [1.54, 1.807) is 18.2 Å². The zero-order valence-corrected chi connectivity index (χ0v) is 13.2. The van der Waals surface area contributed by atoms with Gasteiger partial charge in [-0.3, -0.25) is 4.79 Å². The third-order valence-electron chi connectivity index (χ3n) is 3.04. The zero-order valence-electron chi connectivity index (χ0n) is 11.7. The molecule has 0 radical (unpaired) electrons. The van der Waals surface area contributed by atoms with E-state index in [1.165, 1.54) is 0 Å². The van der Waals surface area contributed by atoms with E-state index in [2.05, 4.69) is 10.6 Å². The standard InChI is InChI=1S/C16H16Cl2N2O2/c17-11-6-7-13(14(18)8-11)15(21)9-20-16(22)10-19-12-4-2-1-3-5-12/h1-8,15,19,21H,9-10H2,(H,20,22). The fraction of sp³-hybridized carbons (Fsp3) is 0.188. The van der Waals surface area contributed by atoms with Gasteiger partial charge in [-0.1, -0.05) is 47.5 Å². The first kappa shape index (κ1) is 16.6. The number of rotatable bonds is 6. The maximum absolute atomic E-state index is 11.8. The van der Waals surface area contributed by atoms with E-state index in [4.69, 9.17) is 23.2 Å². The molecule has 0 aliphatic heterocycles. The molecule has 6 heteroatoms. The second kappa shape index (κ2) is 8.03. The lowest BCUT2D eigenvalue weighted by Crippen LogP contribution is -2.33. The molecule has 1 unspecified atom stereocenters. The molecule has 4 nitrogen and oxygen atoms in total. The summed E-state index contributed by atoms with van der Waals surface area (Å²) in [5.74, 6) is -0.215. The van der Waals surface area contributed by atoms with Crippen LogP contribution in [0.25, 0.3) is 0 Å². The van der Waals surface area contributed by atoms with Crippen molar-refractivity contribution >= 4 is 34.8 Å². The normalized spacial score (nSPS) is 11.8. The third kappa shape index (κ3) is 4.91. The predicted octanol–water partition coefficient (Wildman–Crippen LogP) is 3.26. The Morgan fingerprint density at radius 3 is 2.55 bits per heavy atom. The van der Waals surface area contributed by atoms with Crippen LogP contribution in [0.3, 0.4) is 0 Å². The van der Waals surface area contributed by atoms with Gasteiger partial charge in [0.15, 0.2) is 0 Å². The number of aliphatic hydroxyl groups excluding tert-OH is 1. The van der Waals surface area contributed by atoms with Crippen LogP contribution in [0.2, 0.25) is 10.0 Å². The summed E-state index contributed by atoms with van der Waals surface area (Å²) in [4.78, 5) is 11.8. The van der Waals surface area contributed by atoms with Gasteiger partial charge >= 0.3 is 0 Å². The maximum Gasteiger partial charge on any atom is 0.239 e. The van der Waals surface area contributed by atoms with Crippen molar-refractivity contribution in [1.82, 2.24) is 5.32 Å². The molecule has 0 saturated heterocycles. The minimum atomic E-state index is -0.884. The Bertz CT molecular complexity index is 635. The Morgan fingerprint density at radius 2 is 1.86 bits per heavy atom. The number of nitrogens with one attached hydrogen (secondary N) is 2. The van der Waals surface area contributed by atoms with E-state index < -0.39 is 6.10 Å². The fourth-order valence-corrected chi connectivity index (χ4v) is 2.43. The summed E-state index contributed by atoms with van der Waals surface area (Å²) in [7, 11) is 0. The van der Waals surface area contributed by atoms with Gasteiger partial charge in [0.25, 0.3) is 0 Å². The minimum Gasteiger partial charge on any atom is -0.387 e. The zero-order chi connectivity index (χ0) is 15.9. The molecule has 0 fully saturated rings. The molecular weight excluding hydrogens is 323 g/mol. The first-order valence-corrected chi connectivity index (χ1v) is 7.50. The van der Waals surface area contributed by atoms with E-state index in [9.17, 15) is 9.90 Å². The molecule has 1 atom stereocenters. The Balaban J connectivity index is 1.80. The Kier molecular flexibility index (Phi) is 6.07. The maximum atomic E-state index is 11.8. The van der Waals surface area contributed by atoms with Crippen LogP contribution in [-0.2, 0) is 4.79 Å². The number of aliphatic hydroxyl groups is 1. The number of halogens is 2. The topological polar surface area (TPSA) is 61.4 Å². The fourth-order valence-electron chi connectivity index (χ4n) is 1.89. The van der Waals surface area contributed by atoms with E-state index in [-0.39, 0.29) is 19.0 Å². The van der Waals surface area contributed by atoms with Gasteiger partial charge in [-0.2, -0.15) is 0 Å². The molecule has 0 aliphatic carbocycles. The highest BCUT2D eigenvalue weighted by Gasteiger charge is 2.13. The summed E-state index contributed by atoms with van der Waals surface area (Å²) in [6.45, 7) is 0.210. The van der Waals surface area contributed by atoms with Crippen molar-refractivity contribution in [3.05, 3.63) is 64.1 Å². The highest BCUT2D eigenvalue weighted by molar-refractivity contribution is 6.35. The van der Waals surface area contributed by atoms with Crippen LogP contribution in [0.4, 0.5) is 5.69 Å². The van der Waals surface area contributed by atoms with E-state index in [0.717, 1.165) is 5.69 Å². The predicted molar refractivity (Wildman–Crippen MR) is 89.4 cm³/mol. The third-order valence-corrected chi connectivity index (χ3v) is 3.60. The van der Waals surface area contributed by atoms with Gasteiger partial charge in [-0.15, -0.1) is 0 Å². The number of benzene rings is 2. The Morgan fingerprint density at radius 1 is 1.14 bits per heavy atom. The smallest absolute Gasteiger partial charge is 0.239 e. The van der Waals surface area contributed by atoms with Crippen LogP contribution in [0.1, 0.15) is 11.7 Å². The van der Waals surface area contributed by atoms with Crippen molar-refractivity contribution in [3.63, 3.8) is 0 Å². The average molecular weight is 339 g/mol. The molecular formula is C16H16Cl2N2O2. The number of hydrogen-bond donors (Lipinski definition) is 3. The summed E-state index contributed by atoms with van der Waals surface area (Å²) in [5, 5.41) is 16.6. The average Bonchev–Trinajstić information content (AvgIpc) is 2.51. The molecule has 116 valence electrons. The molecule has 0 bridgehead atoms. The van der Waals surface area contributed by atoms with Gasteiger partial charge in [-0.25, -0.2) is 0 Å². The van der Waals surface area contributed by atoms with Crippen LogP contribution in [0.5, 0.6) is 0 Å². The van der Waals surface area contributed by atoms with Gasteiger partial charge in [0, 0.05) is 27.8 Å². The number of hydrogen-bond acceptors (Lipinski definition) is 3. The number of anilines is 1. The Labute approximate surface area is 139 Å². The van der Waals surface area contributed by atoms with Gasteiger partial charge < -0.3 is 15.7 Å². The first-order chi connectivity index (χ1) is 10.6. The molecule has 0 spiro atoms. The van der Waals surface area contributed by atoms with Gasteiger partial charge in [-0.05, 0) is 24.3 Å². The molecule has 22 heavy (non-hydrogen) atoms. The van der Waals surface area contributed by atoms with E-state index >= 15 is 0 Å². The second-order valence-electron chi connectivity index (χ2n) is 4.71. The van der Waals surface area contributed by atoms with Crippen LogP contribution in [0, 0.1) is 0 Å². The van der Waals surface area contributed by atoms with Crippen molar-refractivity contribution in [3.8, 4) is 0 Å². The largest absolute Gasteiger partial charge is 0.387 e. The molecule has 3 N–H and O–H groups in total.